The maximum absolute atomic E-state index is 10.4. The van der Waals surface area contributed by atoms with Crippen molar-refractivity contribution in [1.82, 2.24) is 0 Å². The molecule has 0 spiro atoms. The van der Waals surface area contributed by atoms with Gasteiger partial charge in [0.05, 0.1) is 12.2 Å². The molecule has 8 heteroatoms. The first-order valence-electron chi connectivity index (χ1n) is 9.82. The third kappa shape index (κ3) is 9.52. The van der Waals surface area contributed by atoms with Gasteiger partial charge in [0.2, 0.25) is 0 Å². The van der Waals surface area contributed by atoms with Gasteiger partial charge in [-0.15, -0.1) is 0 Å². The Morgan fingerprint density at radius 1 is 1.30 bits per heavy atom. The fraction of sp³-hybridized carbons (Fsp3) is 0.500. The summed E-state index contributed by atoms with van der Waals surface area (Å²) in [5.74, 6) is -0.947. The number of carboxylic acid groups (broad SMARTS) is 1. The molecule has 30 heavy (non-hydrogen) atoms. The summed E-state index contributed by atoms with van der Waals surface area (Å²) in [7, 11) is 0. The molecule has 1 aliphatic carbocycles. The first-order chi connectivity index (χ1) is 13.9. The molecule has 1 aromatic rings. The fourth-order valence-corrected chi connectivity index (χ4v) is 3.67. The average Bonchev–Trinajstić information content (AvgIpc) is 2.93. The van der Waals surface area contributed by atoms with Crippen LogP contribution in [0.4, 0.5) is 0 Å². The van der Waals surface area contributed by atoms with Crippen molar-refractivity contribution in [2.45, 2.75) is 50.4 Å². The minimum absolute atomic E-state index is 0. The molecule has 0 aromatic heterocycles. The van der Waals surface area contributed by atoms with E-state index >= 15 is 0 Å². The maximum Gasteiger partial charge on any atom is 1.00 e. The molecule has 6 nitrogen and oxygen atoms in total. The Labute approximate surface area is 204 Å². The van der Waals surface area contributed by atoms with Crippen LogP contribution in [-0.2, 0) is 4.79 Å². The van der Waals surface area contributed by atoms with E-state index in [9.17, 15) is 25.2 Å². The summed E-state index contributed by atoms with van der Waals surface area (Å²) >= 11 is 5.89. The summed E-state index contributed by atoms with van der Waals surface area (Å²) in [4.78, 5) is 10.4. The number of aliphatic hydroxyl groups excluding tert-OH is 3. The Hall–Kier alpha value is -0.860. The van der Waals surface area contributed by atoms with Gasteiger partial charge < -0.3 is 30.0 Å². The molecule has 1 aromatic carbocycles. The quantitative estimate of drug-likeness (QED) is 0.225. The van der Waals surface area contributed by atoms with Crippen molar-refractivity contribution in [2.75, 3.05) is 6.61 Å². The van der Waals surface area contributed by atoms with Crippen LogP contribution < -0.4 is 39.4 Å². The number of carboxylic acids is 1. The Bertz CT molecular complexity index is 711. The second-order valence-corrected chi connectivity index (χ2v) is 7.74. The second kappa shape index (κ2) is 14.2. The summed E-state index contributed by atoms with van der Waals surface area (Å²) < 4.78 is 5.50. The van der Waals surface area contributed by atoms with Crippen LogP contribution in [0.15, 0.2) is 48.6 Å². The Kier molecular flexibility index (Phi) is 12.9. The van der Waals surface area contributed by atoms with Gasteiger partial charge in [0.1, 0.15) is 18.5 Å². The van der Waals surface area contributed by atoms with E-state index in [1.165, 1.54) is 0 Å². The minimum Gasteiger partial charge on any atom is -0.550 e. The van der Waals surface area contributed by atoms with Crippen LogP contribution in [0, 0.1) is 11.8 Å². The Morgan fingerprint density at radius 3 is 2.77 bits per heavy atom. The number of aliphatic hydroxyl groups is 3. The summed E-state index contributed by atoms with van der Waals surface area (Å²) in [5, 5.41) is 41.6. The van der Waals surface area contributed by atoms with Crippen LogP contribution in [0.1, 0.15) is 32.1 Å². The van der Waals surface area contributed by atoms with Gasteiger partial charge in [-0.1, -0.05) is 42.0 Å². The van der Waals surface area contributed by atoms with Crippen LogP contribution in [-0.4, -0.2) is 46.2 Å². The van der Waals surface area contributed by atoms with Gasteiger partial charge in [0, 0.05) is 23.3 Å². The van der Waals surface area contributed by atoms with Gasteiger partial charge in [-0.2, -0.15) is 0 Å². The van der Waals surface area contributed by atoms with Crippen LogP contribution in [0.5, 0.6) is 5.75 Å². The molecule has 5 unspecified atom stereocenters. The SMILES string of the molecule is O=C([O-])CCCC=CCC1C(O)CC(O)C1C=CC(O)COc1cccc(Cl)c1.[Na+]. The monoisotopic (exact) mass is 446 g/mol. The van der Waals surface area contributed by atoms with Gasteiger partial charge in [-0.3, -0.25) is 0 Å². The van der Waals surface area contributed by atoms with E-state index in [2.05, 4.69) is 0 Å². The van der Waals surface area contributed by atoms with E-state index < -0.39 is 24.3 Å². The second-order valence-electron chi connectivity index (χ2n) is 7.30. The average molecular weight is 447 g/mol. The molecule has 5 atom stereocenters. The molecule has 2 rings (SSSR count). The van der Waals surface area contributed by atoms with Crippen molar-refractivity contribution in [3.63, 3.8) is 0 Å². The summed E-state index contributed by atoms with van der Waals surface area (Å²) in [6.45, 7) is 0.0468. The van der Waals surface area contributed by atoms with Crippen molar-refractivity contribution in [3.8, 4) is 5.75 Å². The van der Waals surface area contributed by atoms with Gasteiger partial charge in [0.15, 0.2) is 0 Å². The van der Waals surface area contributed by atoms with Gasteiger partial charge in [0.25, 0.3) is 0 Å². The van der Waals surface area contributed by atoms with Gasteiger partial charge in [-0.05, 0) is 49.8 Å². The van der Waals surface area contributed by atoms with E-state index in [-0.39, 0.29) is 60.8 Å². The molecular weight excluding hydrogens is 419 g/mol. The number of aliphatic carboxylic acids is 1. The van der Waals surface area contributed by atoms with Crippen LogP contribution >= 0.6 is 11.6 Å². The van der Waals surface area contributed by atoms with Crippen LogP contribution in [0.25, 0.3) is 0 Å². The largest absolute Gasteiger partial charge is 1.00 e. The first kappa shape index (κ1) is 27.2. The first-order valence-corrected chi connectivity index (χ1v) is 10.2. The van der Waals surface area contributed by atoms with E-state index in [0.29, 0.717) is 30.0 Å². The zero-order valence-electron chi connectivity index (χ0n) is 17.2. The molecule has 0 amide bonds. The molecule has 1 aliphatic rings. The van der Waals surface area contributed by atoms with Gasteiger partial charge >= 0.3 is 29.6 Å². The number of carbonyl (C=O) groups excluding carboxylic acids is 1. The summed E-state index contributed by atoms with van der Waals surface area (Å²) in [6.07, 6.45) is 6.93. The van der Waals surface area contributed by atoms with Crippen LogP contribution in [0.3, 0.4) is 0 Å². The number of ether oxygens (including phenoxy) is 1. The normalized spacial score (nSPS) is 24.8. The number of hydrogen-bond donors (Lipinski definition) is 3. The third-order valence-electron chi connectivity index (χ3n) is 5.01. The number of carbonyl (C=O) groups is 1. The predicted molar refractivity (Wildman–Crippen MR) is 108 cm³/mol. The molecule has 0 saturated heterocycles. The van der Waals surface area contributed by atoms with E-state index in [0.717, 1.165) is 0 Å². The van der Waals surface area contributed by atoms with Crippen LogP contribution in [0.2, 0.25) is 5.02 Å². The number of allylic oxidation sites excluding steroid dienone is 2. The minimum atomic E-state index is -1.06. The molecular formula is C22H28ClNaO6. The number of benzene rings is 1. The Morgan fingerprint density at radius 2 is 2.07 bits per heavy atom. The molecule has 3 N–H and O–H groups in total. The predicted octanol–water partition coefficient (Wildman–Crippen LogP) is -1.14. The molecule has 160 valence electrons. The van der Waals surface area contributed by atoms with Gasteiger partial charge in [-0.25, -0.2) is 0 Å². The van der Waals surface area contributed by atoms with Crippen molar-refractivity contribution < 1.29 is 59.5 Å². The molecule has 0 bridgehead atoms. The summed E-state index contributed by atoms with van der Waals surface area (Å²) in [6, 6.07) is 6.89. The van der Waals surface area contributed by atoms with E-state index in [4.69, 9.17) is 16.3 Å². The number of rotatable bonds is 11. The summed E-state index contributed by atoms with van der Waals surface area (Å²) in [5.41, 5.74) is 0. The molecule has 1 fully saturated rings. The van der Waals surface area contributed by atoms with Crippen molar-refractivity contribution in [1.29, 1.82) is 0 Å². The van der Waals surface area contributed by atoms with Crippen molar-refractivity contribution >= 4 is 17.6 Å². The topological polar surface area (TPSA) is 110 Å². The van der Waals surface area contributed by atoms with Crippen molar-refractivity contribution in [3.05, 3.63) is 53.6 Å². The van der Waals surface area contributed by atoms with E-state index in [1.54, 1.807) is 36.4 Å². The maximum atomic E-state index is 10.4. The Balaban J connectivity index is 0.00000450. The smallest absolute Gasteiger partial charge is 0.550 e. The molecule has 1 saturated carbocycles. The molecule has 0 radical (unpaired) electrons. The third-order valence-corrected chi connectivity index (χ3v) is 5.25. The number of halogens is 1. The number of unbranched alkanes of at least 4 members (excludes halogenated alkanes) is 1. The van der Waals surface area contributed by atoms with Crippen molar-refractivity contribution in [2.24, 2.45) is 11.8 Å². The van der Waals surface area contributed by atoms with E-state index in [1.807, 2.05) is 12.2 Å². The zero-order valence-corrected chi connectivity index (χ0v) is 19.9. The zero-order chi connectivity index (χ0) is 21.2. The molecule has 0 aliphatic heterocycles. The molecule has 0 heterocycles. The number of hydrogen-bond acceptors (Lipinski definition) is 6. The fourth-order valence-electron chi connectivity index (χ4n) is 3.49. The standard InChI is InChI=1S/C22H29ClO6.Na/c23-15-6-5-7-17(12-15)29-14-16(24)10-11-19-18(20(25)13-21(19)26)8-3-1-2-4-9-22(27)28;/h1,3,5-7,10-12,16,18-21,24-26H,2,4,8-9,13-14H2,(H,27,28);/q;+1/p-1.